The Labute approximate surface area is 128 Å². The Morgan fingerprint density at radius 2 is 2.00 bits per heavy atom. The van der Waals surface area contributed by atoms with Gasteiger partial charge in [-0.05, 0) is 25.1 Å². The fraction of sp³-hybridized carbons (Fsp3) is 0.118. The van der Waals surface area contributed by atoms with Gasteiger partial charge < -0.3 is 4.74 Å². The van der Waals surface area contributed by atoms with E-state index in [-0.39, 0.29) is 6.61 Å². The molecule has 0 aliphatic heterocycles. The number of aromatic amines is 1. The summed E-state index contributed by atoms with van der Waals surface area (Å²) in [6.45, 7) is 2.16. The number of ether oxygens (including phenoxy) is 1. The first-order valence-corrected chi connectivity index (χ1v) is 6.92. The normalized spacial score (nSPS) is 10.4. The van der Waals surface area contributed by atoms with E-state index in [1.54, 1.807) is 18.3 Å². The van der Waals surface area contributed by atoms with Crippen LogP contribution in [0.3, 0.4) is 0 Å². The highest BCUT2D eigenvalue weighted by Crippen LogP contribution is 2.18. The van der Waals surface area contributed by atoms with E-state index in [9.17, 15) is 4.79 Å². The SMILES string of the molecule is Cc1ccc(-c2cc(C(=O)OCc3ccccn3)[nH]n2)cc1. The van der Waals surface area contributed by atoms with Gasteiger partial charge >= 0.3 is 5.97 Å². The summed E-state index contributed by atoms with van der Waals surface area (Å²) in [6, 6.07) is 15.1. The molecule has 3 aromatic rings. The van der Waals surface area contributed by atoms with E-state index < -0.39 is 5.97 Å². The molecular formula is C17H15N3O2. The number of nitrogens with zero attached hydrogens (tertiary/aromatic N) is 2. The molecule has 2 heterocycles. The molecule has 0 aliphatic carbocycles. The number of nitrogens with one attached hydrogen (secondary N) is 1. The second kappa shape index (κ2) is 6.22. The second-order valence-corrected chi connectivity index (χ2v) is 4.93. The molecule has 0 aliphatic rings. The summed E-state index contributed by atoms with van der Waals surface area (Å²) in [5, 5.41) is 6.86. The summed E-state index contributed by atoms with van der Waals surface area (Å²) in [6.07, 6.45) is 1.66. The Bertz CT molecular complexity index is 764. The Hall–Kier alpha value is -2.95. The lowest BCUT2D eigenvalue weighted by Gasteiger charge is -2.01. The lowest BCUT2D eigenvalue weighted by atomic mass is 10.1. The number of carbonyl (C=O) groups excluding carboxylic acids is 1. The van der Waals surface area contributed by atoms with Gasteiger partial charge in [0, 0.05) is 11.8 Å². The molecule has 22 heavy (non-hydrogen) atoms. The van der Waals surface area contributed by atoms with Gasteiger partial charge in [0.05, 0.1) is 11.4 Å². The summed E-state index contributed by atoms with van der Waals surface area (Å²) >= 11 is 0. The molecule has 0 amide bonds. The molecule has 110 valence electrons. The van der Waals surface area contributed by atoms with Gasteiger partial charge in [-0.1, -0.05) is 35.9 Å². The smallest absolute Gasteiger partial charge is 0.356 e. The average Bonchev–Trinajstić information content (AvgIpc) is 3.04. The van der Waals surface area contributed by atoms with Crippen LogP contribution in [0, 0.1) is 6.92 Å². The Kier molecular flexibility index (Phi) is 3.96. The van der Waals surface area contributed by atoms with Crippen LogP contribution >= 0.6 is 0 Å². The predicted molar refractivity (Wildman–Crippen MR) is 82.1 cm³/mol. The van der Waals surface area contributed by atoms with Crippen LogP contribution in [0.2, 0.25) is 0 Å². The van der Waals surface area contributed by atoms with Crippen LogP contribution < -0.4 is 0 Å². The van der Waals surface area contributed by atoms with Crippen molar-refractivity contribution in [3.8, 4) is 11.3 Å². The molecule has 0 spiro atoms. The van der Waals surface area contributed by atoms with Crippen molar-refractivity contribution in [1.29, 1.82) is 0 Å². The fourth-order valence-corrected chi connectivity index (χ4v) is 2.00. The molecule has 0 radical (unpaired) electrons. The van der Waals surface area contributed by atoms with Crippen molar-refractivity contribution in [1.82, 2.24) is 15.2 Å². The molecule has 1 aromatic carbocycles. The maximum atomic E-state index is 12.0. The highest BCUT2D eigenvalue weighted by molar-refractivity contribution is 5.88. The van der Waals surface area contributed by atoms with Crippen molar-refractivity contribution in [3.63, 3.8) is 0 Å². The number of benzene rings is 1. The molecule has 0 saturated carbocycles. The van der Waals surface area contributed by atoms with Gasteiger partial charge in [-0.15, -0.1) is 0 Å². The molecule has 3 rings (SSSR count). The van der Waals surface area contributed by atoms with Gasteiger partial charge in [-0.25, -0.2) is 4.79 Å². The van der Waals surface area contributed by atoms with Crippen molar-refractivity contribution in [2.75, 3.05) is 0 Å². The number of carbonyl (C=O) groups is 1. The zero-order valence-electron chi connectivity index (χ0n) is 12.1. The minimum absolute atomic E-state index is 0.137. The first-order valence-electron chi connectivity index (χ1n) is 6.92. The van der Waals surface area contributed by atoms with E-state index in [4.69, 9.17) is 4.74 Å². The minimum Gasteiger partial charge on any atom is -0.454 e. The quantitative estimate of drug-likeness (QED) is 0.750. The van der Waals surface area contributed by atoms with E-state index in [1.807, 2.05) is 43.3 Å². The van der Waals surface area contributed by atoms with Crippen LogP contribution in [0.15, 0.2) is 54.7 Å². The summed E-state index contributed by atoms with van der Waals surface area (Å²) in [5.41, 5.74) is 3.87. The fourth-order valence-electron chi connectivity index (χ4n) is 2.00. The third-order valence-electron chi connectivity index (χ3n) is 3.22. The molecule has 5 nitrogen and oxygen atoms in total. The number of H-pyrrole nitrogens is 1. The van der Waals surface area contributed by atoms with Gasteiger partial charge in [-0.2, -0.15) is 5.10 Å². The van der Waals surface area contributed by atoms with Crippen molar-refractivity contribution >= 4 is 5.97 Å². The minimum atomic E-state index is -0.448. The van der Waals surface area contributed by atoms with Crippen LogP contribution in [-0.2, 0) is 11.3 Å². The van der Waals surface area contributed by atoms with Crippen molar-refractivity contribution in [2.24, 2.45) is 0 Å². The number of pyridine rings is 1. The average molecular weight is 293 g/mol. The molecule has 2 aromatic heterocycles. The number of hydrogen-bond acceptors (Lipinski definition) is 4. The first-order chi connectivity index (χ1) is 10.7. The van der Waals surface area contributed by atoms with E-state index in [0.717, 1.165) is 5.56 Å². The van der Waals surface area contributed by atoms with Crippen molar-refractivity contribution in [3.05, 3.63) is 71.7 Å². The summed E-state index contributed by atoms with van der Waals surface area (Å²) in [5.74, 6) is -0.448. The maximum absolute atomic E-state index is 12.0. The molecule has 0 saturated heterocycles. The maximum Gasteiger partial charge on any atom is 0.356 e. The van der Waals surface area contributed by atoms with Gasteiger partial charge in [-0.3, -0.25) is 10.1 Å². The lowest BCUT2D eigenvalue weighted by Crippen LogP contribution is -2.06. The number of aryl methyl sites for hydroxylation is 1. The Balaban J connectivity index is 1.68. The van der Waals surface area contributed by atoms with Crippen LogP contribution in [0.25, 0.3) is 11.3 Å². The Morgan fingerprint density at radius 1 is 1.18 bits per heavy atom. The standard InChI is InChI=1S/C17H15N3O2/c1-12-5-7-13(8-6-12)15-10-16(20-19-15)17(21)22-11-14-4-2-3-9-18-14/h2-10H,11H2,1H3,(H,19,20). The summed E-state index contributed by atoms with van der Waals surface area (Å²) in [7, 11) is 0. The highest BCUT2D eigenvalue weighted by atomic mass is 16.5. The zero-order valence-corrected chi connectivity index (χ0v) is 12.1. The van der Waals surface area contributed by atoms with Gasteiger partial charge in [0.2, 0.25) is 0 Å². The van der Waals surface area contributed by atoms with Crippen LogP contribution in [0.5, 0.6) is 0 Å². The van der Waals surface area contributed by atoms with Gasteiger partial charge in [0.25, 0.3) is 0 Å². The van der Waals surface area contributed by atoms with Gasteiger partial charge in [0.15, 0.2) is 0 Å². The molecule has 5 heteroatoms. The Morgan fingerprint density at radius 3 is 2.73 bits per heavy atom. The predicted octanol–water partition coefficient (Wildman–Crippen LogP) is 3.14. The number of hydrogen-bond donors (Lipinski definition) is 1. The summed E-state index contributed by atoms with van der Waals surface area (Å²) in [4.78, 5) is 16.1. The van der Waals surface area contributed by atoms with Gasteiger partial charge in [0.1, 0.15) is 12.3 Å². The molecular weight excluding hydrogens is 278 g/mol. The number of aromatic nitrogens is 3. The second-order valence-electron chi connectivity index (χ2n) is 4.93. The molecule has 0 bridgehead atoms. The van der Waals surface area contributed by atoms with Crippen molar-refractivity contribution in [2.45, 2.75) is 13.5 Å². The van der Waals surface area contributed by atoms with E-state index in [2.05, 4.69) is 15.2 Å². The molecule has 1 N–H and O–H groups in total. The highest BCUT2D eigenvalue weighted by Gasteiger charge is 2.12. The lowest BCUT2D eigenvalue weighted by molar-refractivity contribution is 0.0460. The van der Waals surface area contributed by atoms with E-state index in [1.165, 1.54) is 5.56 Å². The molecule has 0 fully saturated rings. The number of rotatable bonds is 4. The third-order valence-corrected chi connectivity index (χ3v) is 3.22. The monoisotopic (exact) mass is 293 g/mol. The largest absolute Gasteiger partial charge is 0.454 e. The molecule has 0 atom stereocenters. The zero-order chi connectivity index (χ0) is 15.4. The van der Waals surface area contributed by atoms with Crippen LogP contribution in [-0.4, -0.2) is 21.2 Å². The first kappa shape index (κ1) is 14.0. The van der Waals surface area contributed by atoms with Crippen molar-refractivity contribution < 1.29 is 9.53 Å². The van der Waals surface area contributed by atoms with E-state index >= 15 is 0 Å². The summed E-state index contributed by atoms with van der Waals surface area (Å²) < 4.78 is 5.21. The topological polar surface area (TPSA) is 67.9 Å². The number of esters is 1. The van der Waals surface area contributed by atoms with E-state index in [0.29, 0.717) is 17.1 Å². The third kappa shape index (κ3) is 3.20. The molecule has 0 unspecified atom stereocenters. The van der Waals surface area contributed by atoms with Crippen LogP contribution in [0.4, 0.5) is 0 Å². The van der Waals surface area contributed by atoms with Crippen LogP contribution in [0.1, 0.15) is 21.7 Å².